The molecule has 1 rings (SSSR count). The van der Waals surface area contributed by atoms with E-state index in [9.17, 15) is 14.9 Å². The summed E-state index contributed by atoms with van der Waals surface area (Å²) in [6.45, 7) is 0. The van der Waals surface area contributed by atoms with Gasteiger partial charge >= 0.3 is 5.97 Å². The molecule has 0 radical (unpaired) electrons. The second-order valence-electron chi connectivity index (χ2n) is 3.17. The molecule has 0 aliphatic rings. The third kappa shape index (κ3) is 2.67. The number of rotatable bonds is 4. The number of benzene rings is 1. The van der Waals surface area contributed by atoms with Crippen molar-refractivity contribution in [1.82, 2.24) is 0 Å². The molecule has 0 heterocycles. The Bertz CT molecular complexity index is 597. The van der Waals surface area contributed by atoms with Gasteiger partial charge in [-0.3, -0.25) is 10.1 Å². The van der Waals surface area contributed by atoms with Gasteiger partial charge in [0.15, 0.2) is 0 Å². The van der Waals surface area contributed by atoms with Gasteiger partial charge in [0, 0.05) is 18.0 Å². The first kappa shape index (κ1) is 14.6. The highest BCUT2D eigenvalue weighted by Gasteiger charge is 2.25. The average Bonchev–Trinajstić information content (AvgIpc) is 2.39. The van der Waals surface area contributed by atoms with Gasteiger partial charge in [0.2, 0.25) is 0 Å². The van der Waals surface area contributed by atoms with E-state index < -0.39 is 16.6 Å². The minimum Gasteiger partial charge on any atom is -0.465 e. The van der Waals surface area contributed by atoms with Gasteiger partial charge in [-0.05, 0) is 5.53 Å². The molecule has 0 saturated carbocycles. The lowest BCUT2D eigenvalue weighted by Gasteiger charge is -2.10. The second kappa shape index (κ2) is 5.89. The first-order valence-electron chi connectivity index (χ1n) is 4.80. The first-order chi connectivity index (χ1) is 8.97. The molecule has 0 aliphatic carbocycles. The van der Waals surface area contributed by atoms with E-state index in [-0.39, 0.29) is 22.0 Å². The fraction of sp³-hybridized carbons (Fsp3) is 0.222. The molecule has 0 saturated heterocycles. The van der Waals surface area contributed by atoms with Crippen molar-refractivity contribution < 1.29 is 14.5 Å². The molecule has 9 nitrogen and oxygen atoms in total. The quantitative estimate of drug-likeness (QED) is 0.227. The van der Waals surface area contributed by atoms with Gasteiger partial charge < -0.3 is 10.1 Å². The van der Waals surface area contributed by atoms with Crippen LogP contribution in [0.15, 0.2) is 11.2 Å². The number of anilines is 1. The maximum absolute atomic E-state index is 11.5. The molecule has 0 unspecified atom stereocenters. The SMILES string of the molecule is CNc1c([N+](=O)[O-])cc(C(=O)OC)c(N=[N+]=[N-])c1Cl. The Labute approximate surface area is 111 Å². The zero-order valence-corrected chi connectivity index (χ0v) is 10.6. The highest BCUT2D eigenvalue weighted by atomic mass is 35.5. The topological polar surface area (TPSA) is 130 Å². The third-order valence-corrected chi connectivity index (χ3v) is 2.58. The molecular weight excluding hydrogens is 278 g/mol. The number of carbonyl (C=O) groups is 1. The average molecular weight is 286 g/mol. The van der Waals surface area contributed by atoms with Crippen LogP contribution >= 0.6 is 11.6 Å². The van der Waals surface area contributed by atoms with E-state index in [0.717, 1.165) is 13.2 Å². The molecular formula is C9H8ClN5O4. The molecule has 0 aromatic heterocycles. The molecule has 0 atom stereocenters. The van der Waals surface area contributed by atoms with Crippen molar-refractivity contribution in [2.75, 3.05) is 19.5 Å². The molecule has 100 valence electrons. The fourth-order valence-corrected chi connectivity index (χ4v) is 1.75. The smallest absolute Gasteiger partial charge is 0.338 e. The summed E-state index contributed by atoms with van der Waals surface area (Å²) in [6, 6.07) is 0.938. The van der Waals surface area contributed by atoms with Crippen LogP contribution in [0.3, 0.4) is 0 Å². The van der Waals surface area contributed by atoms with Crippen LogP contribution in [0.1, 0.15) is 10.4 Å². The lowest BCUT2D eigenvalue weighted by Crippen LogP contribution is -2.05. The van der Waals surface area contributed by atoms with Gasteiger partial charge in [-0.1, -0.05) is 16.7 Å². The normalized spacial score (nSPS) is 9.42. The Hall–Kier alpha value is -2.51. The van der Waals surface area contributed by atoms with E-state index >= 15 is 0 Å². The number of ether oxygens (including phenoxy) is 1. The van der Waals surface area contributed by atoms with Crippen LogP contribution in [-0.2, 0) is 4.74 Å². The van der Waals surface area contributed by atoms with Crippen molar-refractivity contribution in [2.24, 2.45) is 5.11 Å². The first-order valence-corrected chi connectivity index (χ1v) is 5.17. The van der Waals surface area contributed by atoms with E-state index in [0.29, 0.717) is 0 Å². The molecule has 19 heavy (non-hydrogen) atoms. The molecule has 0 spiro atoms. The fourth-order valence-electron chi connectivity index (χ4n) is 1.42. The third-order valence-electron chi connectivity index (χ3n) is 2.22. The van der Waals surface area contributed by atoms with Crippen molar-refractivity contribution in [3.63, 3.8) is 0 Å². The number of nitro benzene ring substituents is 1. The Balaban J connectivity index is 3.76. The minimum absolute atomic E-state index is 0.0540. The molecule has 0 bridgehead atoms. The van der Waals surface area contributed by atoms with Crippen LogP contribution < -0.4 is 5.32 Å². The number of carbonyl (C=O) groups excluding carboxylic acids is 1. The van der Waals surface area contributed by atoms with E-state index in [2.05, 4.69) is 20.1 Å². The predicted molar refractivity (Wildman–Crippen MR) is 67.8 cm³/mol. The van der Waals surface area contributed by atoms with Gasteiger partial charge in [0.05, 0.1) is 28.3 Å². The highest BCUT2D eigenvalue weighted by molar-refractivity contribution is 6.37. The number of nitrogens with one attached hydrogen (secondary N) is 1. The van der Waals surface area contributed by atoms with E-state index in [1.165, 1.54) is 7.05 Å². The molecule has 10 heteroatoms. The van der Waals surface area contributed by atoms with Crippen LogP contribution in [0.4, 0.5) is 17.1 Å². The molecule has 0 fully saturated rings. The Kier molecular flexibility index (Phi) is 4.51. The number of halogens is 1. The number of azide groups is 1. The maximum Gasteiger partial charge on any atom is 0.338 e. The number of nitrogens with zero attached hydrogens (tertiary/aromatic N) is 4. The molecule has 1 N–H and O–H groups in total. The number of methoxy groups -OCH3 is 1. The van der Waals surface area contributed by atoms with E-state index in [4.69, 9.17) is 17.1 Å². The summed E-state index contributed by atoms with van der Waals surface area (Å²) < 4.78 is 4.46. The Morgan fingerprint density at radius 3 is 2.74 bits per heavy atom. The lowest BCUT2D eigenvalue weighted by molar-refractivity contribution is -0.383. The van der Waals surface area contributed by atoms with Crippen molar-refractivity contribution in [3.8, 4) is 0 Å². The van der Waals surface area contributed by atoms with Crippen LogP contribution in [0.5, 0.6) is 0 Å². The zero-order chi connectivity index (χ0) is 14.6. The van der Waals surface area contributed by atoms with Crippen molar-refractivity contribution in [1.29, 1.82) is 0 Å². The van der Waals surface area contributed by atoms with Gasteiger partial charge in [-0.25, -0.2) is 4.79 Å². The number of esters is 1. The zero-order valence-electron chi connectivity index (χ0n) is 9.88. The van der Waals surface area contributed by atoms with Crippen LogP contribution in [-0.4, -0.2) is 25.1 Å². The largest absolute Gasteiger partial charge is 0.465 e. The van der Waals surface area contributed by atoms with Gasteiger partial charge in [0.25, 0.3) is 5.69 Å². The van der Waals surface area contributed by atoms with Crippen molar-refractivity contribution in [3.05, 3.63) is 37.2 Å². The monoisotopic (exact) mass is 285 g/mol. The summed E-state index contributed by atoms with van der Waals surface area (Å²) in [5, 5.41) is 16.5. The maximum atomic E-state index is 11.5. The van der Waals surface area contributed by atoms with Crippen LogP contribution in [0, 0.1) is 10.1 Å². The minimum atomic E-state index is -0.893. The highest BCUT2D eigenvalue weighted by Crippen LogP contribution is 2.42. The number of hydrogen-bond acceptors (Lipinski definition) is 6. The lowest BCUT2D eigenvalue weighted by atomic mass is 10.1. The van der Waals surface area contributed by atoms with E-state index in [1.54, 1.807) is 0 Å². The number of hydrogen-bond donors (Lipinski definition) is 1. The second-order valence-corrected chi connectivity index (χ2v) is 3.55. The summed E-state index contributed by atoms with van der Waals surface area (Å²) in [7, 11) is 2.50. The summed E-state index contributed by atoms with van der Waals surface area (Å²) in [5.41, 5.74) is 7.47. The molecule has 1 aromatic rings. The summed E-state index contributed by atoms with van der Waals surface area (Å²) in [5.74, 6) is -0.893. The predicted octanol–water partition coefficient (Wildman–Crippen LogP) is 3.02. The molecule has 0 aliphatic heterocycles. The van der Waals surface area contributed by atoms with E-state index in [1.807, 2.05) is 0 Å². The van der Waals surface area contributed by atoms with Gasteiger partial charge in [0.1, 0.15) is 5.69 Å². The summed E-state index contributed by atoms with van der Waals surface area (Å²) in [6.07, 6.45) is 0. The molecule has 0 amide bonds. The molecule has 1 aromatic carbocycles. The van der Waals surface area contributed by atoms with Gasteiger partial charge in [-0.2, -0.15) is 0 Å². The number of nitro groups is 1. The standard InChI is InChI=1S/C9H8ClN5O4/c1-12-8-5(15(17)18)3-4(9(16)19-2)7(6(8)10)13-14-11/h3,12H,1-2H3. The van der Waals surface area contributed by atoms with Crippen molar-refractivity contribution >= 4 is 34.6 Å². The van der Waals surface area contributed by atoms with Crippen LogP contribution in [0.25, 0.3) is 10.4 Å². The Morgan fingerprint density at radius 1 is 1.68 bits per heavy atom. The van der Waals surface area contributed by atoms with Crippen molar-refractivity contribution in [2.45, 2.75) is 0 Å². The Morgan fingerprint density at radius 2 is 2.32 bits per heavy atom. The summed E-state index contributed by atoms with van der Waals surface area (Å²) >= 11 is 5.90. The van der Waals surface area contributed by atoms with Crippen LogP contribution in [0.2, 0.25) is 5.02 Å². The summed E-state index contributed by atoms with van der Waals surface area (Å²) in [4.78, 5) is 24.3. The van der Waals surface area contributed by atoms with Gasteiger partial charge in [-0.15, -0.1) is 0 Å².